The summed E-state index contributed by atoms with van der Waals surface area (Å²) >= 11 is 5.41. The number of unbranched alkanes of at least 4 members (excludes halogenated alkanes) is 1. The highest BCUT2D eigenvalue weighted by molar-refractivity contribution is 8.09. The van der Waals surface area contributed by atoms with Crippen LogP contribution in [0.15, 0.2) is 18.2 Å². The van der Waals surface area contributed by atoms with Crippen molar-refractivity contribution in [1.29, 1.82) is 0 Å². The van der Waals surface area contributed by atoms with Crippen LogP contribution >= 0.6 is 6.64 Å². The van der Waals surface area contributed by atoms with Crippen LogP contribution in [0.2, 0.25) is 0 Å². The van der Waals surface area contributed by atoms with E-state index < -0.39 is 11.6 Å². The zero-order valence-corrected chi connectivity index (χ0v) is 14.6. The highest BCUT2D eigenvalue weighted by Gasteiger charge is 2.25. The van der Waals surface area contributed by atoms with E-state index in [2.05, 4.69) is 12.0 Å². The Bertz CT molecular complexity index is 555. The molecular formula is C13H21N2O5PS. The van der Waals surface area contributed by atoms with E-state index in [0.29, 0.717) is 18.9 Å². The van der Waals surface area contributed by atoms with Crippen LogP contribution in [-0.4, -0.2) is 25.2 Å². The molecular weight excluding hydrogens is 327 g/mol. The van der Waals surface area contributed by atoms with Crippen molar-refractivity contribution in [3.63, 3.8) is 0 Å². The normalized spacial score (nSPS) is 13.4. The maximum Gasteiger partial charge on any atom is 0.313 e. The number of nitrogens with zero attached hydrogens (tertiary/aromatic N) is 1. The van der Waals surface area contributed by atoms with Crippen molar-refractivity contribution in [2.24, 2.45) is 0 Å². The molecule has 1 unspecified atom stereocenters. The SMILES string of the molecule is CCCCNP(=S)(OCC)Oc1cc(OC)ccc1[N+](=O)[O-]. The van der Waals surface area contributed by atoms with Crippen LogP contribution in [0.4, 0.5) is 5.69 Å². The molecule has 0 aliphatic heterocycles. The predicted octanol–water partition coefficient (Wildman–Crippen LogP) is 3.63. The fourth-order valence-corrected chi connectivity index (χ4v) is 3.86. The van der Waals surface area contributed by atoms with Crippen LogP contribution in [0.25, 0.3) is 0 Å². The number of ether oxygens (including phenoxy) is 1. The third-order valence-corrected chi connectivity index (χ3v) is 5.29. The molecule has 0 spiro atoms. The van der Waals surface area contributed by atoms with E-state index >= 15 is 0 Å². The minimum atomic E-state index is -2.84. The molecule has 124 valence electrons. The van der Waals surface area contributed by atoms with Crippen LogP contribution in [0.5, 0.6) is 11.5 Å². The summed E-state index contributed by atoms with van der Waals surface area (Å²) < 4.78 is 16.3. The third-order valence-electron chi connectivity index (χ3n) is 2.72. The minimum Gasteiger partial charge on any atom is -0.497 e. The van der Waals surface area contributed by atoms with Gasteiger partial charge in [-0.15, -0.1) is 0 Å². The van der Waals surface area contributed by atoms with Gasteiger partial charge in [0, 0.05) is 18.7 Å². The Kier molecular flexibility index (Phi) is 7.75. The molecule has 22 heavy (non-hydrogen) atoms. The van der Waals surface area contributed by atoms with E-state index in [4.69, 9.17) is 25.6 Å². The average Bonchev–Trinajstić information content (AvgIpc) is 2.47. The summed E-state index contributed by atoms with van der Waals surface area (Å²) in [6.45, 7) is 1.99. The Morgan fingerprint density at radius 1 is 1.41 bits per heavy atom. The van der Waals surface area contributed by atoms with Crippen molar-refractivity contribution < 1.29 is 18.7 Å². The first-order chi connectivity index (χ1) is 10.5. The number of hydrogen-bond donors (Lipinski definition) is 1. The standard InChI is InChI=1S/C13H21N2O5PS/c1-4-6-9-14-21(22,19-5-2)20-13-10-11(18-3)7-8-12(13)15(16)17/h7-8,10H,4-6,9H2,1-3H3,(H,14,22). The Balaban J connectivity index is 3.05. The lowest BCUT2D eigenvalue weighted by Crippen LogP contribution is -2.18. The number of nitrogens with one attached hydrogen (secondary N) is 1. The van der Waals surface area contributed by atoms with Gasteiger partial charge in [0.05, 0.1) is 18.6 Å². The lowest BCUT2D eigenvalue weighted by atomic mass is 10.3. The molecule has 9 heteroatoms. The van der Waals surface area contributed by atoms with Crippen molar-refractivity contribution >= 4 is 24.1 Å². The summed E-state index contributed by atoms with van der Waals surface area (Å²) in [6, 6.07) is 4.27. The molecule has 0 aromatic heterocycles. The molecule has 0 aliphatic carbocycles. The summed E-state index contributed by atoms with van der Waals surface area (Å²) in [5.74, 6) is 0.498. The lowest BCUT2D eigenvalue weighted by Gasteiger charge is -2.23. The Morgan fingerprint density at radius 2 is 2.14 bits per heavy atom. The first-order valence-electron chi connectivity index (χ1n) is 6.97. The zero-order valence-electron chi connectivity index (χ0n) is 12.9. The van der Waals surface area contributed by atoms with Crippen LogP contribution < -0.4 is 14.3 Å². The quantitative estimate of drug-likeness (QED) is 0.299. The van der Waals surface area contributed by atoms with Crippen molar-refractivity contribution in [3.8, 4) is 11.5 Å². The maximum atomic E-state index is 11.1. The molecule has 0 saturated heterocycles. The van der Waals surface area contributed by atoms with Crippen LogP contribution in [0, 0.1) is 10.1 Å². The zero-order chi connectivity index (χ0) is 16.6. The number of rotatable bonds is 10. The van der Waals surface area contributed by atoms with E-state index in [0.717, 1.165) is 12.8 Å². The van der Waals surface area contributed by atoms with Gasteiger partial charge in [0.15, 0.2) is 0 Å². The Morgan fingerprint density at radius 3 is 2.68 bits per heavy atom. The topological polar surface area (TPSA) is 82.9 Å². The molecule has 1 rings (SSSR count). The lowest BCUT2D eigenvalue weighted by molar-refractivity contribution is -0.385. The highest BCUT2D eigenvalue weighted by atomic mass is 32.5. The van der Waals surface area contributed by atoms with Crippen LogP contribution in [0.3, 0.4) is 0 Å². The van der Waals surface area contributed by atoms with Gasteiger partial charge in [-0.2, -0.15) is 0 Å². The van der Waals surface area contributed by atoms with Gasteiger partial charge in [0.25, 0.3) is 0 Å². The van der Waals surface area contributed by atoms with Crippen molar-refractivity contribution in [2.45, 2.75) is 26.7 Å². The molecule has 1 atom stereocenters. The molecule has 0 fully saturated rings. The summed E-state index contributed by atoms with van der Waals surface area (Å²) in [7, 11) is 1.48. The molecule has 0 radical (unpaired) electrons. The average molecular weight is 348 g/mol. The van der Waals surface area contributed by atoms with E-state index in [1.165, 1.54) is 25.3 Å². The number of hydrogen-bond acceptors (Lipinski definition) is 6. The Hall–Kier alpha value is -1.21. The van der Waals surface area contributed by atoms with Crippen LogP contribution in [-0.2, 0) is 16.3 Å². The van der Waals surface area contributed by atoms with Gasteiger partial charge in [-0.05, 0) is 31.2 Å². The molecule has 0 heterocycles. The third kappa shape index (κ3) is 5.53. The molecule has 1 aromatic rings. The van der Waals surface area contributed by atoms with Gasteiger partial charge < -0.3 is 13.8 Å². The second-order valence-corrected chi connectivity index (χ2v) is 7.55. The highest BCUT2D eigenvalue weighted by Crippen LogP contribution is 2.47. The van der Waals surface area contributed by atoms with Crippen molar-refractivity contribution in [1.82, 2.24) is 5.09 Å². The minimum absolute atomic E-state index is 0.0464. The summed E-state index contributed by atoms with van der Waals surface area (Å²) in [5.41, 5.74) is -0.174. The predicted molar refractivity (Wildman–Crippen MR) is 89.1 cm³/mol. The monoisotopic (exact) mass is 348 g/mol. The first-order valence-corrected chi connectivity index (χ1v) is 9.61. The van der Waals surface area contributed by atoms with Crippen LogP contribution in [0.1, 0.15) is 26.7 Å². The van der Waals surface area contributed by atoms with E-state index in [1.807, 2.05) is 0 Å². The van der Waals surface area contributed by atoms with Gasteiger partial charge >= 0.3 is 12.3 Å². The largest absolute Gasteiger partial charge is 0.497 e. The molecule has 0 aliphatic rings. The van der Waals surface area contributed by atoms with Gasteiger partial charge in [-0.3, -0.25) is 10.1 Å². The number of nitro groups is 1. The summed E-state index contributed by atoms with van der Waals surface area (Å²) in [5, 5.41) is 14.2. The van der Waals surface area contributed by atoms with E-state index in [-0.39, 0.29) is 11.4 Å². The molecule has 0 amide bonds. The summed E-state index contributed by atoms with van der Waals surface area (Å²) in [6.07, 6.45) is 1.91. The van der Waals surface area contributed by atoms with Gasteiger partial charge in [0.2, 0.25) is 5.75 Å². The fourth-order valence-electron chi connectivity index (χ4n) is 1.64. The van der Waals surface area contributed by atoms with Gasteiger partial charge in [-0.25, -0.2) is 5.09 Å². The smallest absolute Gasteiger partial charge is 0.313 e. The Labute approximate surface area is 135 Å². The number of methoxy groups -OCH3 is 1. The first kappa shape index (κ1) is 18.8. The second kappa shape index (κ2) is 9.05. The van der Waals surface area contributed by atoms with Gasteiger partial charge in [0.1, 0.15) is 5.75 Å². The second-order valence-electron chi connectivity index (χ2n) is 4.36. The molecule has 7 nitrogen and oxygen atoms in total. The molecule has 1 N–H and O–H groups in total. The van der Waals surface area contributed by atoms with E-state index in [1.54, 1.807) is 6.92 Å². The number of benzene rings is 1. The maximum absolute atomic E-state index is 11.1. The molecule has 0 bridgehead atoms. The van der Waals surface area contributed by atoms with Gasteiger partial charge in [-0.1, -0.05) is 13.3 Å². The number of nitro benzene ring substituents is 1. The van der Waals surface area contributed by atoms with Crippen molar-refractivity contribution in [2.75, 3.05) is 20.3 Å². The summed E-state index contributed by atoms with van der Waals surface area (Å²) in [4.78, 5) is 10.6. The van der Waals surface area contributed by atoms with E-state index in [9.17, 15) is 10.1 Å². The molecule has 0 saturated carbocycles. The fraction of sp³-hybridized carbons (Fsp3) is 0.538. The van der Waals surface area contributed by atoms with Crippen molar-refractivity contribution in [3.05, 3.63) is 28.3 Å². The molecule has 1 aromatic carbocycles.